The molecule has 23 heavy (non-hydrogen) atoms. The summed E-state index contributed by atoms with van der Waals surface area (Å²) in [6.45, 7) is 4.01. The van der Waals surface area contributed by atoms with Crippen molar-refractivity contribution < 1.29 is 14.6 Å². The Bertz CT molecular complexity index is 829. The van der Waals surface area contributed by atoms with Gasteiger partial charge in [-0.05, 0) is 72.9 Å². The summed E-state index contributed by atoms with van der Waals surface area (Å²) in [5.41, 5.74) is 1.78. The first kappa shape index (κ1) is 13.7. The number of aliphatic hydroxyl groups is 1. The molecule has 4 heteroatoms. The first-order valence-corrected chi connectivity index (χ1v) is 8.50. The molecular formula is C19H20O4. The van der Waals surface area contributed by atoms with Crippen LogP contribution in [0, 0.1) is 24.2 Å². The molecule has 5 atom stereocenters. The lowest BCUT2D eigenvalue weighted by Gasteiger charge is -2.62. The summed E-state index contributed by atoms with van der Waals surface area (Å²) in [7, 11) is 0. The van der Waals surface area contributed by atoms with Gasteiger partial charge in [0.1, 0.15) is 17.1 Å². The number of carbonyl (C=O) groups excluding carboxylic acids is 1. The van der Waals surface area contributed by atoms with Crippen LogP contribution in [0.4, 0.5) is 0 Å². The molecule has 1 aromatic carbocycles. The number of carbonyl (C=O) groups is 1. The highest BCUT2D eigenvalue weighted by Crippen LogP contribution is 2.68. The van der Waals surface area contributed by atoms with Gasteiger partial charge in [0, 0.05) is 5.92 Å². The van der Waals surface area contributed by atoms with E-state index in [4.69, 9.17) is 4.74 Å². The quantitative estimate of drug-likeness (QED) is 0.739. The molecule has 0 aromatic heterocycles. The highest BCUT2D eigenvalue weighted by molar-refractivity contribution is 5.83. The first-order chi connectivity index (χ1) is 10.9. The van der Waals surface area contributed by atoms with E-state index in [1.54, 1.807) is 12.1 Å². The van der Waals surface area contributed by atoms with Gasteiger partial charge in [-0.25, -0.2) is 0 Å². The number of hydrogen-bond donors (Lipinski definition) is 1. The Morgan fingerprint density at radius 2 is 2.09 bits per heavy atom. The molecule has 2 saturated heterocycles. The number of ether oxygens (including phenoxy) is 1. The van der Waals surface area contributed by atoms with Gasteiger partial charge in [-0.2, -0.15) is 0 Å². The van der Waals surface area contributed by atoms with E-state index < -0.39 is 11.0 Å². The van der Waals surface area contributed by atoms with Crippen molar-refractivity contribution in [3.05, 3.63) is 44.6 Å². The normalized spacial score (nSPS) is 42.4. The molecule has 2 heterocycles. The van der Waals surface area contributed by atoms with Crippen LogP contribution in [0.1, 0.15) is 42.0 Å². The van der Waals surface area contributed by atoms with E-state index >= 15 is 0 Å². The maximum absolute atomic E-state index is 12.8. The summed E-state index contributed by atoms with van der Waals surface area (Å²) in [4.78, 5) is 24.9. The molecule has 6 rings (SSSR count). The lowest BCUT2D eigenvalue weighted by molar-refractivity contribution is -0.274. The van der Waals surface area contributed by atoms with Gasteiger partial charge in [0.15, 0.2) is 5.43 Å². The van der Waals surface area contributed by atoms with Crippen LogP contribution in [-0.2, 0) is 28.0 Å². The molecule has 1 saturated carbocycles. The minimum Gasteiger partial charge on any atom is -0.461 e. The van der Waals surface area contributed by atoms with E-state index in [0.717, 1.165) is 28.7 Å². The highest BCUT2D eigenvalue weighted by atomic mass is 16.6. The molecule has 1 unspecified atom stereocenters. The van der Waals surface area contributed by atoms with Crippen LogP contribution in [0.3, 0.4) is 0 Å². The number of hydrogen-bond acceptors (Lipinski definition) is 4. The molecule has 2 bridgehead atoms. The molecule has 0 radical (unpaired) electrons. The van der Waals surface area contributed by atoms with Crippen LogP contribution in [0.2, 0.25) is 0 Å². The van der Waals surface area contributed by atoms with Gasteiger partial charge in [-0.15, -0.1) is 0 Å². The number of rotatable bonds is 0. The van der Waals surface area contributed by atoms with E-state index in [-0.39, 0.29) is 29.3 Å². The molecular weight excluding hydrogens is 292 g/mol. The average molecular weight is 312 g/mol. The Balaban J connectivity index is 1.92. The summed E-state index contributed by atoms with van der Waals surface area (Å²) in [5.74, 6) is -0.196. The van der Waals surface area contributed by atoms with Gasteiger partial charge >= 0.3 is 5.97 Å². The Morgan fingerprint density at radius 1 is 1.30 bits per heavy atom. The van der Waals surface area contributed by atoms with Crippen molar-refractivity contribution in [1.82, 2.24) is 0 Å². The second-order valence-corrected chi connectivity index (χ2v) is 7.88. The van der Waals surface area contributed by atoms with Gasteiger partial charge in [-0.1, -0.05) is 6.92 Å². The topological polar surface area (TPSA) is 63.6 Å². The molecule has 4 nitrogen and oxygen atoms in total. The van der Waals surface area contributed by atoms with E-state index in [2.05, 4.69) is 6.92 Å². The summed E-state index contributed by atoms with van der Waals surface area (Å²) in [5, 5.41) is 11.9. The Kier molecular flexibility index (Phi) is 2.31. The Labute approximate surface area is 134 Å². The van der Waals surface area contributed by atoms with Crippen LogP contribution in [-0.4, -0.2) is 17.2 Å². The molecule has 2 aliphatic heterocycles. The first-order valence-electron chi connectivity index (χ1n) is 8.50. The molecule has 120 valence electrons. The van der Waals surface area contributed by atoms with Crippen LogP contribution in [0.15, 0.2) is 16.9 Å². The maximum Gasteiger partial charge on any atom is 0.315 e. The third kappa shape index (κ3) is 1.27. The molecule has 1 N–H and O–H groups in total. The minimum absolute atomic E-state index is 0.0143. The van der Waals surface area contributed by atoms with Crippen LogP contribution in [0.5, 0.6) is 0 Å². The minimum atomic E-state index is -1.16. The van der Waals surface area contributed by atoms with Gasteiger partial charge in [-0.3, -0.25) is 9.59 Å². The van der Waals surface area contributed by atoms with E-state index in [0.29, 0.717) is 19.3 Å². The van der Waals surface area contributed by atoms with Crippen molar-refractivity contribution in [2.24, 2.45) is 17.3 Å². The van der Waals surface area contributed by atoms with E-state index in [1.807, 2.05) is 6.92 Å². The summed E-state index contributed by atoms with van der Waals surface area (Å²) >= 11 is 0. The second-order valence-electron chi connectivity index (χ2n) is 7.88. The van der Waals surface area contributed by atoms with Crippen molar-refractivity contribution >= 4 is 5.97 Å². The predicted molar refractivity (Wildman–Crippen MR) is 83.0 cm³/mol. The van der Waals surface area contributed by atoms with Crippen LogP contribution >= 0.6 is 0 Å². The monoisotopic (exact) mass is 312 g/mol. The summed E-state index contributed by atoms with van der Waals surface area (Å²) < 4.78 is 5.72. The van der Waals surface area contributed by atoms with Crippen molar-refractivity contribution in [1.29, 1.82) is 0 Å². The van der Waals surface area contributed by atoms with E-state index in [9.17, 15) is 14.7 Å². The zero-order chi connectivity index (χ0) is 16.1. The molecule has 3 aliphatic carbocycles. The highest BCUT2D eigenvalue weighted by Gasteiger charge is 2.75. The smallest absolute Gasteiger partial charge is 0.315 e. The molecule has 1 aromatic rings. The lowest BCUT2D eigenvalue weighted by Crippen LogP contribution is -2.70. The summed E-state index contributed by atoms with van der Waals surface area (Å²) in [6.07, 6.45) is 2.55. The van der Waals surface area contributed by atoms with E-state index in [1.165, 1.54) is 0 Å². The lowest BCUT2D eigenvalue weighted by atomic mass is 9.47. The molecule has 3 fully saturated rings. The van der Waals surface area contributed by atoms with Gasteiger partial charge in [0.25, 0.3) is 0 Å². The largest absolute Gasteiger partial charge is 0.461 e. The van der Waals surface area contributed by atoms with Crippen molar-refractivity contribution in [3.8, 4) is 0 Å². The standard InChI is InChI=1S/C19H20O4/c1-9-5-12(20)7-11-3-4-18-10(2)6-15(23-17(18)21)14-8-13(9)16(11)19(14,18)22/h5,7,10,14-15,22H,3-4,6,8H2,1-2H3/t10-,14+,15+,18+,19?/m0/s1. The third-order valence-corrected chi connectivity index (χ3v) is 7.08. The number of aryl methyl sites for hydroxylation is 2. The zero-order valence-corrected chi connectivity index (χ0v) is 13.4. The van der Waals surface area contributed by atoms with Crippen molar-refractivity contribution in [2.45, 2.75) is 51.2 Å². The molecule has 0 amide bonds. The van der Waals surface area contributed by atoms with Gasteiger partial charge < -0.3 is 9.84 Å². The second kappa shape index (κ2) is 3.86. The SMILES string of the molecule is Cc1cc(=O)cc2c3c1C[C@@H]1[C@H]4C[C@H](C)[C@](CC2)(C(=O)O4)C31O. The zero-order valence-electron chi connectivity index (χ0n) is 13.4. The fraction of sp³-hybridized carbons (Fsp3) is 0.579. The Hall–Kier alpha value is -1.68. The number of fused-ring (bicyclic) bond motifs is 2. The number of esters is 1. The fourth-order valence-electron chi connectivity index (χ4n) is 6.11. The Morgan fingerprint density at radius 3 is 2.83 bits per heavy atom. The fourth-order valence-corrected chi connectivity index (χ4v) is 6.11. The predicted octanol–water partition coefficient (Wildman–Crippen LogP) is 1.61. The summed E-state index contributed by atoms with van der Waals surface area (Å²) in [6, 6.07) is 3.33. The molecule has 1 spiro atoms. The maximum atomic E-state index is 12.8. The van der Waals surface area contributed by atoms with Gasteiger partial charge in [0.2, 0.25) is 0 Å². The van der Waals surface area contributed by atoms with Crippen molar-refractivity contribution in [3.63, 3.8) is 0 Å². The van der Waals surface area contributed by atoms with Crippen molar-refractivity contribution in [2.75, 3.05) is 0 Å². The molecule has 5 aliphatic rings. The van der Waals surface area contributed by atoms with Crippen LogP contribution in [0.25, 0.3) is 0 Å². The van der Waals surface area contributed by atoms with Gasteiger partial charge in [0.05, 0.1) is 0 Å². The third-order valence-electron chi connectivity index (χ3n) is 7.08. The average Bonchev–Trinajstić information content (AvgIpc) is 2.73. The van der Waals surface area contributed by atoms with Crippen LogP contribution < -0.4 is 5.43 Å².